The highest BCUT2D eigenvalue weighted by Gasteiger charge is 2.28. The third-order valence-electron chi connectivity index (χ3n) is 5.41. The average molecular weight is 413 g/mol. The second-order valence-corrected chi connectivity index (χ2v) is 8.10. The Morgan fingerprint density at radius 3 is 2.90 bits per heavy atom. The van der Waals surface area contributed by atoms with Crippen molar-refractivity contribution >= 4 is 17.5 Å². The minimum absolute atomic E-state index is 0.0868. The van der Waals surface area contributed by atoms with Gasteiger partial charge in [0.05, 0.1) is 17.8 Å². The van der Waals surface area contributed by atoms with Crippen LogP contribution in [0.2, 0.25) is 5.02 Å². The number of piperidine rings is 1. The zero-order chi connectivity index (χ0) is 20.4. The lowest BCUT2D eigenvalue weighted by Crippen LogP contribution is -2.41. The molecule has 1 unspecified atom stereocenters. The van der Waals surface area contributed by atoms with E-state index in [0.29, 0.717) is 18.9 Å². The summed E-state index contributed by atoms with van der Waals surface area (Å²) in [4.78, 5) is 19.2. The van der Waals surface area contributed by atoms with Gasteiger partial charge in [-0.05, 0) is 44.4 Å². The van der Waals surface area contributed by atoms with Gasteiger partial charge in [-0.1, -0.05) is 29.8 Å². The molecule has 1 amide bonds. The van der Waals surface area contributed by atoms with E-state index in [9.17, 15) is 4.79 Å². The van der Waals surface area contributed by atoms with Crippen LogP contribution in [-0.4, -0.2) is 38.7 Å². The topological polar surface area (TPSA) is 64.2 Å². The first-order valence-corrected chi connectivity index (χ1v) is 10.3. The minimum Gasteiger partial charge on any atom is -0.445 e. The molecule has 3 aromatic rings. The predicted octanol–water partition coefficient (Wildman–Crippen LogP) is 4.14. The predicted molar refractivity (Wildman–Crippen MR) is 111 cm³/mol. The van der Waals surface area contributed by atoms with E-state index in [0.717, 1.165) is 47.1 Å². The molecule has 0 aliphatic carbocycles. The molecule has 7 heteroatoms. The van der Waals surface area contributed by atoms with Gasteiger partial charge in [-0.15, -0.1) is 0 Å². The molecular formula is C22H25ClN4O2. The van der Waals surface area contributed by atoms with Crippen molar-refractivity contribution in [3.8, 4) is 0 Å². The molecule has 1 atom stereocenters. The van der Waals surface area contributed by atoms with Crippen molar-refractivity contribution in [1.82, 2.24) is 19.7 Å². The highest BCUT2D eigenvalue weighted by atomic mass is 35.5. The lowest BCUT2D eigenvalue weighted by atomic mass is 9.98. The molecule has 4 rings (SSSR count). The van der Waals surface area contributed by atoms with Crippen molar-refractivity contribution in [2.45, 2.75) is 45.6 Å². The summed E-state index contributed by atoms with van der Waals surface area (Å²) in [7, 11) is 0. The number of hydrogen-bond acceptors (Lipinski definition) is 4. The Morgan fingerprint density at radius 2 is 2.14 bits per heavy atom. The summed E-state index contributed by atoms with van der Waals surface area (Å²) in [6, 6.07) is 9.73. The first kappa shape index (κ1) is 19.7. The standard InChI is InChI=1S/C22H25ClN4O2/c1-15-10-16(2)27(25-15)14-21(28)26-9-5-7-18(13-26)22-24-12-19(29-22)11-17-6-3-4-8-20(17)23/h3-4,6,8,10,12,18H,5,7,9,11,13-14H2,1-2H3. The molecule has 6 nitrogen and oxygen atoms in total. The Kier molecular flexibility index (Phi) is 5.72. The zero-order valence-corrected chi connectivity index (χ0v) is 17.5. The fourth-order valence-corrected chi connectivity index (χ4v) is 4.09. The Hall–Kier alpha value is -2.60. The van der Waals surface area contributed by atoms with E-state index < -0.39 is 0 Å². The van der Waals surface area contributed by atoms with E-state index in [1.807, 2.05) is 49.1 Å². The average Bonchev–Trinajstić information content (AvgIpc) is 3.30. The van der Waals surface area contributed by atoms with Crippen LogP contribution in [0.15, 0.2) is 40.9 Å². The number of carbonyl (C=O) groups is 1. The van der Waals surface area contributed by atoms with Crippen LogP contribution in [-0.2, 0) is 17.8 Å². The van der Waals surface area contributed by atoms with E-state index in [-0.39, 0.29) is 18.4 Å². The van der Waals surface area contributed by atoms with Crippen molar-refractivity contribution in [2.24, 2.45) is 0 Å². The first-order valence-electron chi connectivity index (χ1n) is 9.96. The molecule has 0 spiro atoms. The van der Waals surface area contributed by atoms with Crippen LogP contribution in [0.1, 0.15) is 47.4 Å². The van der Waals surface area contributed by atoms with Gasteiger partial charge in [0.15, 0.2) is 5.89 Å². The SMILES string of the molecule is Cc1cc(C)n(CC(=O)N2CCCC(c3ncc(Cc4ccccc4Cl)o3)C2)n1. The lowest BCUT2D eigenvalue weighted by molar-refractivity contribution is -0.133. The molecule has 152 valence electrons. The maximum Gasteiger partial charge on any atom is 0.244 e. The molecule has 29 heavy (non-hydrogen) atoms. The fourth-order valence-electron chi connectivity index (χ4n) is 3.89. The summed E-state index contributed by atoms with van der Waals surface area (Å²) in [6.45, 7) is 5.58. The quantitative estimate of drug-likeness (QED) is 0.631. The third-order valence-corrected chi connectivity index (χ3v) is 5.77. The van der Waals surface area contributed by atoms with Crippen molar-refractivity contribution in [1.29, 1.82) is 0 Å². The zero-order valence-electron chi connectivity index (χ0n) is 16.8. The molecule has 1 fully saturated rings. The van der Waals surface area contributed by atoms with E-state index in [4.69, 9.17) is 16.0 Å². The maximum atomic E-state index is 12.8. The maximum absolute atomic E-state index is 12.8. The number of likely N-dealkylation sites (tertiary alicyclic amines) is 1. The lowest BCUT2D eigenvalue weighted by Gasteiger charge is -2.31. The van der Waals surface area contributed by atoms with Crippen molar-refractivity contribution in [3.05, 3.63) is 70.2 Å². The van der Waals surface area contributed by atoms with Gasteiger partial charge < -0.3 is 9.32 Å². The monoisotopic (exact) mass is 412 g/mol. The van der Waals surface area contributed by atoms with Crippen LogP contribution in [0.25, 0.3) is 0 Å². The minimum atomic E-state index is 0.0868. The number of amides is 1. The molecule has 1 aliphatic heterocycles. The van der Waals surface area contributed by atoms with Gasteiger partial charge >= 0.3 is 0 Å². The van der Waals surface area contributed by atoms with E-state index in [2.05, 4.69) is 10.1 Å². The van der Waals surface area contributed by atoms with Crippen LogP contribution in [0.3, 0.4) is 0 Å². The third kappa shape index (κ3) is 4.53. The number of nitrogens with zero attached hydrogens (tertiary/aromatic N) is 4. The Balaban J connectivity index is 1.41. The first-order chi connectivity index (χ1) is 14.0. The number of aryl methyl sites for hydroxylation is 2. The molecule has 0 saturated carbocycles. The molecule has 3 heterocycles. The smallest absolute Gasteiger partial charge is 0.244 e. The summed E-state index contributed by atoms with van der Waals surface area (Å²) in [5.41, 5.74) is 2.95. The summed E-state index contributed by atoms with van der Waals surface area (Å²) < 4.78 is 7.80. The largest absolute Gasteiger partial charge is 0.445 e. The van der Waals surface area contributed by atoms with Crippen LogP contribution in [0, 0.1) is 13.8 Å². The van der Waals surface area contributed by atoms with Gasteiger partial charge in [-0.25, -0.2) is 4.98 Å². The summed E-state index contributed by atoms with van der Waals surface area (Å²) in [5.74, 6) is 1.70. The molecule has 1 aliphatic rings. The highest BCUT2D eigenvalue weighted by molar-refractivity contribution is 6.31. The number of rotatable bonds is 5. The molecule has 1 aromatic carbocycles. The number of oxazole rings is 1. The number of hydrogen-bond donors (Lipinski definition) is 0. The second kappa shape index (κ2) is 8.41. The normalized spacial score (nSPS) is 16.9. The number of carbonyl (C=O) groups excluding carboxylic acids is 1. The summed E-state index contributed by atoms with van der Waals surface area (Å²) in [6.07, 6.45) is 4.29. The van der Waals surface area contributed by atoms with Crippen LogP contribution in [0.5, 0.6) is 0 Å². The van der Waals surface area contributed by atoms with Gasteiger partial charge in [0.2, 0.25) is 5.91 Å². The van der Waals surface area contributed by atoms with Crippen LogP contribution >= 0.6 is 11.6 Å². The molecule has 0 bridgehead atoms. The van der Waals surface area contributed by atoms with Crippen molar-refractivity contribution in [2.75, 3.05) is 13.1 Å². The molecule has 0 radical (unpaired) electrons. The second-order valence-electron chi connectivity index (χ2n) is 7.70. The van der Waals surface area contributed by atoms with Gasteiger partial charge in [0.25, 0.3) is 0 Å². The number of aromatic nitrogens is 3. The molecule has 1 saturated heterocycles. The Bertz CT molecular complexity index is 1010. The van der Waals surface area contributed by atoms with E-state index in [1.165, 1.54) is 0 Å². The summed E-state index contributed by atoms with van der Waals surface area (Å²) in [5, 5.41) is 5.13. The summed E-state index contributed by atoms with van der Waals surface area (Å²) >= 11 is 6.25. The van der Waals surface area contributed by atoms with Crippen molar-refractivity contribution in [3.63, 3.8) is 0 Å². The van der Waals surface area contributed by atoms with E-state index >= 15 is 0 Å². The van der Waals surface area contributed by atoms with Crippen molar-refractivity contribution < 1.29 is 9.21 Å². The van der Waals surface area contributed by atoms with Gasteiger partial charge in [-0.3, -0.25) is 9.48 Å². The Morgan fingerprint density at radius 1 is 1.31 bits per heavy atom. The van der Waals surface area contributed by atoms with Gasteiger partial charge in [-0.2, -0.15) is 5.10 Å². The molecular weight excluding hydrogens is 388 g/mol. The Labute approximate surface area is 175 Å². The van der Waals surface area contributed by atoms with Crippen LogP contribution in [0.4, 0.5) is 0 Å². The number of benzene rings is 1. The van der Waals surface area contributed by atoms with Crippen LogP contribution < -0.4 is 0 Å². The number of halogens is 1. The van der Waals surface area contributed by atoms with E-state index in [1.54, 1.807) is 10.9 Å². The molecule has 0 N–H and O–H groups in total. The highest BCUT2D eigenvalue weighted by Crippen LogP contribution is 2.28. The molecule has 2 aromatic heterocycles. The van der Waals surface area contributed by atoms with Gasteiger partial charge in [0, 0.05) is 30.2 Å². The van der Waals surface area contributed by atoms with Gasteiger partial charge in [0.1, 0.15) is 12.3 Å². The fraction of sp³-hybridized carbons (Fsp3) is 0.409.